The molecule has 0 N–H and O–H groups in total. The molecule has 0 saturated heterocycles. The zero-order valence-corrected chi connectivity index (χ0v) is 9.78. The quantitative estimate of drug-likeness (QED) is 0.757. The van der Waals surface area contributed by atoms with E-state index in [2.05, 4.69) is 11.2 Å². The van der Waals surface area contributed by atoms with Crippen LogP contribution in [-0.2, 0) is 7.05 Å². The maximum atomic E-state index is 8.72. The zero-order chi connectivity index (χ0) is 11.7. The largest absolute Gasteiger partial charge is 0.256 e. The fourth-order valence-electron chi connectivity index (χ4n) is 1.67. The Hall–Kier alpha value is -1.79. The van der Waals surface area contributed by atoms with Crippen LogP contribution in [0.1, 0.15) is 11.3 Å². The van der Waals surface area contributed by atoms with Crippen LogP contribution in [0.25, 0.3) is 11.1 Å². The number of halogens is 1. The van der Waals surface area contributed by atoms with E-state index < -0.39 is 0 Å². The number of nitriles is 1. The van der Waals surface area contributed by atoms with Crippen molar-refractivity contribution in [3.63, 3.8) is 0 Å². The summed E-state index contributed by atoms with van der Waals surface area (Å²) in [4.78, 5) is 0. The van der Waals surface area contributed by atoms with Gasteiger partial charge in [0.2, 0.25) is 0 Å². The number of nitrogens with zero attached hydrogens (tertiary/aromatic N) is 3. The molecule has 80 valence electrons. The van der Waals surface area contributed by atoms with E-state index in [0.29, 0.717) is 10.7 Å². The van der Waals surface area contributed by atoms with E-state index in [0.717, 1.165) is 16.8 Å². The van der Waals surface area contributed by atoms with Crippen LogP contribution >= 0.6 is 11.6 Å². The molecular weight excluding hydrogens is 222 g/mol. The molecule has 0 aliphatic heterocycles. The Labute approximate surface area is 98.9 Å². The van der Waals surface area contributed by atoms with Crippen molar-refractivity contribution in [2.24, 2.45) is 7.05 Å². The average Bonchev–Trinajstić information content (AvgIpc) is 2.54. The lowest BCUT2D eigenvalue weighted by molar-refractivity contribution is 0.757. The summed E-state index contributed by atoms with van der Waals surface area (Å²) in [5, 5.41) is 13.6. The first kappa shape index (κ1) is 10.7. The summed E-state index contributed by atoms with van der Waals surface area (Å²) in [6, 6.07) is 9.40. The van der Waals surface area contributed by atoms with Crippen molar-refractivity contribution in [1.82, 2.24) is 9.78 Å². The van der Waals surface area contributed by atoms with Crippen LogP contribution in [0.15, 0.2) is 24.3 Å². The number of aromatic nitrogens is 2. The SMILES string of the molecule is Cc1nn(C)c(Cl)c1-c1ccc(C#N)cc1. The standard InChI is InChI=1S/C12H10ClN3/c1-8-11(12(13)16(2)15-8)10-5-3-9(7-14)4-6-10/h3-6H,1-2H3. The molecule has 0 aliphatic carbocycles. The highest BCUT2D eigenvalue weighted by Crippen LogP contribution is 2.30. The Morgan fingerprint density at radius 3 is 2.38 bits per heavy atom. The van der Waals surface area contributed by atoms with Gasteiger partial charge in [0.15, 0.2) is 0 Å². The molecule has 0 radical (unpaired) electrons. The van der Waals surface area contributed by atoms with Crippen LogP contribution in [0, 0.1) is 18.3 Å². The van der Waals surface area contributed by atoms with Crippen LogP contribution in [0.4, 0.5) is 0 Å². The highest BCUT2D eigenvalue weighted by Gasteiger charge is 2.12. The predicted octanol–water partition coefficient (Wildman–Crippen LogP) is 2.92. The van der Waals surface area contributed by atoms with Gasteiger partial charge in [-0.15, -0.1) is 0 Å². The first-order valence-corrected chi connectivity index (χ1v) is 5.21. The Balaban J connectivity index is 2.55. The molecule has 1 aromatic carbocycles. The highest BCUT2D eigenvalue weighted by atomic mass is 35.5. The monoisotopic (exact) mass is 231 g/mol. The maximum absolute atomic E-state index is 8.72. The minimum absolute atomic E-state index is 0.613. The van der Waals surface area contributed by atoms with E-state index in [4.69, 9.17) is 16.9 Å². The van der Waals surface area contributed by atoms with Gasteiger partial charge in [0.05, 0.1) is 17.3 Å². The number of aryl methyl sites for hydroxylation is 2. The Morgan fingerprint density at radius 2 is 1.94 bits per heavy atom. The lowest BCUT2D eigenvalue weighted by Crippen LogP contribution is -1.88. The molecule has 0 aliphatic rings. The van der Waals surface area contributed by atoms with Crippen molar-refractivity contribution < 1.29 is 0 Å². The smallest absolute Gasteiger partial charge is 0.134 e. The third-order valence-electron chi connectivity index (χ3n) is 2.45. The summed E-state index contributed by atoms with van der Waals surface area (Å²) >= 11 is 6.16. The van der Waals surface area contributed by atoms with E-state index >= 15 is 0 Å². The second-order valence-electron chi connectivity index (χ2n) is 3.56. The van der Waals surface area contributed by atoms with Crippen molar-refractivity contribution in [2.45, 2.75) is 6.92 Å². The normalized spacial score (nSPS) is 10.1. The second kappa shape index (κ2) is 3.99. The summed E-state index contributed by atoms with van der Waals surface area (Å²) < 4.78 is 1.64. The molecule has 2 rings (SSSR count). The third-order valence-corrected chi connectivity index (χ3v) is 2.89. The van der Waals surface area contributed by atoms with Gasteiger partial charge < -0.3 is 0 Å². The van der Waals surface area contributed by atoms with Crippen molar-refractivity contribution in [2.75, 3.05) is 0 Å². The van der Waals surface area contributed by atoms with Crippen LogP contribution in [0.3, 0.4) is 0 Å². The van der Waals surface area contributed by atoms with E-state index in [9.17, 15) is 0 Å². The molecule has 0 saturated carbocycles. The highest BCUT2D eigenvalue weighted by molar-refractivity contribution is 6.32. The van der Waals surface area contributed by atoms with E-state index in [1.54, 1.807) is 16.8 Å². The molecule has 3 nitrogen and oxygen atoms in total. The molecule has 0 amide bonds. The summed E-state index contributed by atoms with van der Waals surface area (Å²) in [5.74, 6) is 0. The maximum Gasteiger partial charge on any atom is 0.134 e. The molecular formula is C12H10ClN3. The number of rotatable bonds is 1. The first-order chi connectivity index (χ1) is 7.63. The minimum atomic E-state index is 0.613. The predicted molar refractivity (Wildman–Crippen MR) is 63.1 cm³/mol. The molecule has 0 fully saturated rings. The van der Waals surface area contributed by atoms with E-state index in [-0.39, 0.29) is 0 Å². The van der Waals surface area contributed by atoms with Crippen LogP contribution < -0.4 is 0 Å². The zero-order valence-electron chi connectivity index (χ0n) is 9.03. The van der Waals surface area contributed by atoms with Gasteiger partial charge in [0, 0.05) is 12.6 Å². The molecule has 0 atom stereocenters. The number of hydrogen-bond donors (Lipinski definition) is 0. The molecule has 1 heterocycles. The van der Waals surface area contributed by atoms with Crippen molar-refractivity contribution in [3.8, 4) is 17.2 Å². The van der Waals surface area contributed by atoms with E-state index in [1.165, 1.54) is 0 Å². The molecule has 16 heavy (non-hydrogen) atoms. The fraction of sp³-hybridized carbons (Fsp3) is 0.167. The fourth-order valence-corrected chi connectivity index (χ4v) is 1.95. The van der Waals surface area contributed by atoms with Gasteiger partial charge in [-0.3, -0.25) is 4.68 Å². The van der Waals surface area contributed by atoms with Gasteiger partial charge in [0.25, 0.3) is 0 Å². The molecule has 0 bridgehead atoms. The van der Waals surface area contributed by atoms with Crippen molar-refractivity contribution >= 4 is 11.6 Å². The third kappa shape index (κ3) is 1.68. The molecule has 0 spiro atoms. The summed E-state index contributed by atoms with van der Waals surface area (Å²) in [6.45, 7) is 1.92. The van der Waals surface area contributed by atoms with Crippen molar-refractivity contribution in [3.05, 3.63) is 40.7 Å². The molecule has 2 aromatic rings. The lowest BCUT2D eigenvalue weighted by Gasteiger charge is -2.00. The van der Waals surface area contributed by atoms with Gasteiger partial charge in [-0.1, -0.05) is 23.7 Å². The van der Waals surface area contributed by atoms with Gasteiger partial charge in [-0.2, -0.15) is 10.4 Å². The van der Waals surface area contributed by atoms with Gasteiger partial charge in [-0.05, 0) is 24.6 Å². The summed E-state index contributed by atoms with van der Waals surface area (Å²) in [5.41, 5.74) is 3.43. The van der Waals surface area contributed by atoms with Crippen LogP contribution in [0.2, 0.25) is 5.15 Å². The van der Waals surface area contributed by atoms with Gasteiger partial charge >= 0.3 is 0 Å². The minimum Gasteiger partial charge on any atom is -0.256 e. The van der Waals surface area contributed by atoms with Gasteiger partial charge in [-0.25, -0.2) is 0 Å². The van der Waals surface area contributed by atoms with Gasteiger partial charge in [0.1, 0.15) is 5.15 Å². The Morgan fingerprint density at radius 1 is 1.31 bits per heavy atom. The Kier molecular flexibility index (Phi) is 2.67. The molecule has 4 heteroatoms. The number of benzene rings is 1. The van der Waals surface area contributed by atoms with E-state index in [1.807, 2.05) is 26.1 Å². The van der Waals surface area contributed by atoms with Crippen molar-refractivity contribution in [1.29, 1.82) is 5.26 Å². The number of hydrogen-bond acceptors (Lipinski definition) is 2. The lowest BCUT2D eigenvalue weighted by atomic mass is 10.1. The molecule has 1 aromatic heterocycles. The summed E-state index contributed by atoms with van der Waals surface area (Å²) in [6.07, 6.45) is 0. The molecule has 0 unspecified atom stereocenters. The topological polar surface area (TPSA) is 41.6 Å². The first-order valence-electron chi connectivity index (χ1n) is 4.83. The average molecular weight is 232 g/mol. The second-order valence-corrected chi connectivity index (χ2v) is 3.92. The summed E-state index contributed by atoms with van der Waals surface area (Å²) in [7, 11) is 1.81. The van der Waals surface area contributed by atoms with Crippen LogP contribution in [0.5, 0.6) is 0 Å². The Bertz CT molecular complexity index is 561. The van der Waals surface area contributed by atoms with Crippen LogP contribution in [-0.4, -0.2) is 9.78 Å².